The summed E-state index contributed by atoms with van der Waals surface area (Å²) in [5.41, 5.74) is 3.72. The second kappa shape index (κ2) is 6.62. The molecule has 1 aromatic carbocycles. The molecule has 3 nitrogen and oxygen atoms in total. The number of nitrogens with zero attached hydrogens (tertiary/aromatic N) is 1. The number of aromatic hydroxyl groups is 1. The van der Waals surface area contributed by atoms with E-state index in [1.54, 1.807) is 6.33 Å². The zero-order valence-electron chi connectivity index (χ0n) is 10.7. The second-order valence-corrected chi connectivity index (χ2v) is 6.61. The van der Waals surface area contributed by atoms with Crippen molar-refractivity contribution in [2.75, 3.05) is 0 Å². The van der Waals surface area contributed by atoms with Crippen molar-refractivity contribution in [1.82, 2.24) is 9.97 Å². The minimum atomic E-state index is 0. The van der Waals surface area contributed by atoms with Crippen LogP contribution in [0.25, 0.3) is 0 Å². The van der Waals surface area contributed by atoms with Gasteiger partial charge in [0.15, 0.2) is 0 Å². The number of aromatic nitrogens is 2. The molecule has 1 aliphatic rings. The van der Waals surface area contributed by atoms with Crippen LogP contribution in [0.4, 0.5) is 0 Å². The molecule has 1 heterocycles. The molecule has 0 aliphatic heterocycles. The molecular formula is C14H15Br3N2O. The zero-order valence-corrected chi connectivity index (χ0v) is 15.6. The van der Waals surface area contributed by atoms with E-state index >= 15 is 0 Å². The van der Waals surface area contributed by atoms with Crippen LogP contribution >= 0.6 is 48.8 Å². The molecule has 0 bridgehead atoms. The minimum absolute atomic E-state index is 0. The van der Waals surface area contributed by atoms with Gasteiger partial charge in [-0.1, -0.05) is 0 Å². The fraction of sp³-hybridized carbons (Fsp3) is 0.357. The third kappa shape index (κ3) is 2.97. The number of fused-ring (bicyclic) bond motifs is 1. The summed E-state index contributed by atoms with van der Waals surface area (Å²) < 4.78 is 1.60. The summed E-state index contributed by atoms with van der Waals surface area (Å²) in [6.45, 7) is 0. The molecule has 0 saturated heterocycles. The van der Waals surface area contributed by atoms with Crippen LogP contribution in [-0.4, -0.2) is 15.1 Å². The van der Waals surface area contributed by atoms with E-state index in [9.17, 15) is 5.11 Å². The van der Waals surface area contributed by atoms with Gasteiger partial charge in [0.2, 0.25) is 0 Å². The molecule has 1 unspecified atom stereocenters. The minimum Gasteiger partial charge on any atom is -0.506 e. The van der Waals surface area contributed by atoms with Gasteiger partial charge in [-0.3, -0.25) is 0 Å². The first kappa shape index (κ1) is 16.0. The fourth-order valence-corrected chi connectivity index (χ4v) is 4.40. The lowest BCUT2D eigenvalue weighted by Crippen LogP contribution is -2.13. The molecule has 2 aromatic rings. The first-order chi connectivity index (χ1) is 9.16. The highest BCUT2D eigenvalue weighted by molar-refractivity contribution is 9.11. The number of aryl methyl sites for hydroxylation is 1. The molecule has 0 radical (unpaired) electrons. The molecule has 108 valence electrons. The summed E-state index contributed by atoms with van der Waals surface area (Å²) in [6.07, 6.45) is 7.94. The molecule has 1 aromatic heterocycles. The van der Waals surface area contributed by atoms with E-state index in [-0.39, 0.29) is 17.0 Å². The summed E-state index contributed by atoms with van der Waals surface area (Å²) in [5.74, 6) is 0.729. The van der Waals surface area contributed by atoms with Crippen molar-refractivity contribution in [1.29, 1.82) is 0 Å². The number of rotatable bonds is 2. The average molecular weight is 467 g/mol. The van der Waals surface area contributed by atoms with E-state index in [2.05, 4.69) is 47.9 Å². The Hall–Kier alpha value is -0.330. The lowest BCUT2D eigenvalue weighted by Gasteiger charge is -2.27. The maximum Gasteiger partial charge on any atom is 0.144 e. The monoisotopic (exact) mass is 464 g/mol. The Morgan fingerprint density at radius 3 is 2.90 bits per heavy atom. The van der Waals surface area contributed by atoms with Crippen LogP contribution in [0.2, 0.25) is 0 Å². The van der Waals surface area contributed by atoms with Gasteiger partial charge in [0.05, 0.1) is 15.3 Å². The van der Waals surface area contributed by atoms with Crippen LogP contribution in [-0.2, 0) is 12.8 Å². The van der Waals surface area contributed by atoms with Crippen molar-refractivity contribution >= 4 is 48.8 Å². The molecule has 1 atom stereocenters. The molecule has 3 rings (SSSR count). The van der Waals surface area contributed by atoms with Gasteiger partial charge in [-0.25, -0.2) is 4.98 Å². The van der Waals surface area contributed by atoms with Crippen molar-refractivity contribution in [3.8, 4) is 5.75 Å². The number of hydrogen-bond acceptors (Lipinski definition) is 2. The van der Waals surface area contributed by atoms with Crippen LogP contribution in [0.15, 0.2) is 27.5 Å². The summed E-state index contributed by atoms with van der Waals surface area (Å²) in [4.78, 5) is 7.24. The van der Waals surface area contributed by atoms with Gasteiger partial charge >= 0.3 is 0 Å². The van der Waals surface area contributed by atoms with E-state index in [4.69, 9.17) is 0 Å². The number of H-pyrrole nitrogens is 1. The van der Waals surface area contributed by atoms with E-state index in [1.807, 2.05) is 6.20 Å². The maximum absolute atomic E-state index is 10.1. The molecular weight excluding hydrogens is 452 g/mol. The molecule has 0 amide bonds. The third-order valence-electron chi connectivity index (χ3n) is 3.75. The third-order valence-corrected chi connectivity index (χ3v) is 5.15. The molecule has 2 N–H and O–H groups in total. The molecule has 1 aliphatic carbocycles. The number of aromatic amines is 1. The molecule has 20 heavy (non-hydrogen) atoms. The van der Waals surface area contributed by atoms with Gasteiger partial charge in [-0.15, -0.1) is 17.0 Å². The van der Waals surface area contributed by atoms with Gasteiger partial charge in [0, 0.05) is 11.9 Å². The van der Waals surface area contributed by atoms with Gasteiger partial charge in [0.25, 0.3) is 0 Å². The SMILES string of the molecule is Br.Oc1c(Br)cc2c(c1Br)C(Cc1cnc[nH]1)CCC2. The largest absolute Gasteiger partial charge is 0.506 e. The van der Waals surface area contributed by atoms with Crippen LogP contribution in [0.1, 0.15) is 35.6 Å². The van der Waals surface area contributed by atoms with Crippen molar-refractivity contribution in [2.24, 2.45) is 0 Å². The first-order valence-corrected chi connectivity index (χ1v) is 7.92. The molecule has 6 heteroatoms. The normalized spacial score (nSPS) is 17.4. The van der Waals surface area contributed by atoms with Crippen LogP contribution in [0, 0.1) is 0 Å². The summed E-state index contributed by atoms with van der Waals surface area (Å²) in [6, 6.07) is 2.05. The van der Waals surface area contributed by atoms with Crippen LogP contribution in [0.3, 0.4) is 0 Å². The van der Waals surface area contributed by atoms with Gasteiger partial charge in [-0.05, 0) is 80.7 Å². The number of hydrogen-bond donors (Lipinski definition) is 2. The average Bonchev–Trinajstić information content (AvgIpc) is 2.89. The Kier molecular flexibility index (Phi) is 5.31. The Morgan fingerprint density at radius 2 is 2.20 bits per heavy atom. The topological polar surface area (TPSA) is 48.9 Å². The van der Waals surface area contributed by atoms with Crippen molar-refractivity contribution in [3.63, 3.8) is 0 Å². The predicted molar refractivity (Wildman–Crippen MR) is 91.8 cm³/mol. The fourth-order valence-electron chi connectivity index (χ4n) is 2.87. The summed E-state index contributed by atoms with van der Waals surface area (Å²) >= 11 is 6.96. The highest BCUT2D eigenvalue weighted by Crippen LogP contribution is 2.45. The number of halogens is 3. The molecule has 0 saturated carbocycles. The Labute approximate surface area is 145 Å². The van der Waals surface area contributed by atoms with Crippen molar-refractivity contribution < 1.29 is 5.11 Å². The van der Waals surface area contributed by atoms with Crippen molar-refractivity contribution in [3.05, 3.63) is 44.4 Å². The number of phenolic OH excluding ortho intramolecular Hbond substituents is 1. The van der Waals surface area contributed by atoms with Crippen molar-refractivity contribution in [2.45, 2.75) is 31.6 Å². The lowest BCUT2D eigenvalue weighted by atomic mass is 9.80. The number of benzene rings is 1. The Balaban J connectivity index is 0.00000147. The number of imidazole rings is 1. The highest BCUT2D eigenvalue weighted by atomic mass is 79.9. The van der Waals surface area contributed by atoms with Gasteiger partial charge < -0.3 is 10.1 Å². The quantitative estimate of drug-likeness (QED) is 0.662. The standard InChI is InChI=1S/C14H14Br2N2O.BrH/c15-11-5-9-3-1-2-8(4-10-6-17-7-18-10)12(9)13(16)14(11)19;/h5-8,19H,1-4H2,(H,17,18);1H. The number of nitrogens with one attached hydrogen (secondary N) is 1. The van der Waals surface area contributed by atoms with Gasteiger partial charge in [0.1, 0.15) is 5.75 Å². The predicted octanol–water partition coefficient (Wildman–Crippen LogP) is 4.88. The molecule has 0 fully saturated rings. The van der Waals surface area contributed by atoms with Gasteiger partial charge in [-0.2, -0.15) is 0 Å². The van der Waals surface area contributed by atoms with E-state index in [0.717, 1.165) is 33.9 Å². The second-order valence-electron chi connectivity index (χ2n) is 4.96. The summed E-state index contributed by atoms with van der Waals surface area (Å²) in [5, 5.41) is 10.1. The number of phenols is 1. The smallest absolute Gasteiger partial charge is 0.144 e. The van der Waals surface area contributed by atoms with E-state index in [0.29, 0.717) is 11.7 Å². The Morgan fingerprint density at radius 1 is 1.40 bits per heavy atom. The first-order valence-electron chi connectivity index (χ1n) is 6.33. The highest BCUT2D eigenvalue weighted by Gasteiger charge is 2.26. The van der Waals surface area contributed by atoms with Crippen LogP contribution in [0.5, 0.6) is 5.75 Å². The lowest BCUT2D eigenvalue weighted by molar-refractivity contribution is 0.461. The van der Waals surface area contributed by atoms with E-state index in [1.165, 1.54) is 17.5 Å². The zero-order chi connectivity index (χ0) is 13.4. The Bertz CT molecular complexity index is 599. The maximum atomic E-state index is 10.1. The van der Waals surface area contributed by atoms with Crippen LogP contribution < -0.4 is 0 Å². The molecule has 0 spiro atoms. The van der Waals surface area contributed by atoms with E-state index < -0.39 is 0 Å². The summed E-state index contributed by atoms with van der Waals surface area (Å²) in [7, 11) is 0.